The summed E-state index contributed by atoms with van der Waals surface area (Å²) in [4.78, 5) is 13.2. The van der Waals surface area contributed by atoms with Crippen molar-refractivity contribution in [3.63, 3.8) is 0 Å². The zero-order valence-corrected chi connectivity index (χ0v) is 11.2. The highest BCUT2D eigenvalue weighted by Crippen LogP contribution is 2.23. The lowest BCUT2D eigenvalue weighted by Gasteiger charge is -2.01. The van der Waals surface area contributed by atoms with Crippen LogP contribution in [0.2, 0.25) is 0 Å². The van der Waals surface area contributed by atoms with Gasteiger partial charge >= 0.3 is 0 Å². The Morgan fingerprint density at radius 2 is 2.05 bits per heavy atom. The molecule has 0 saturated heterocycles. The third-order valence-electron chi connectivity index (χ3n) is 3.16. The third-order valence-corrected chi connectivity index (χ3v) is 4.02. The lowest BCUT2D eigenvalue weighted by molar-refractivity contribution is 0.0969. The summed E-state index contributed by atoms with van der Waals surface area (Å²) in [5.74, 6) is 0.0227. The van der Waals surface area contributed by atoms with Crippen LogP contribution < -0.4 is 5.73 Å². The number of aromatic nitrogens is 1. The largest absolute Gasteiger partial charge is 0.330 e. The molecule has 19 heavy (non-hydrogen) atoms. The van der Waals surface area contributed by atoms with E-state index in [2.05, 4.69) is 0 Å². The molecular weight excluding hydrogens is 256 g/mol. The van der Waals surface area contributed by atoms with E-state index in [0.717, 1.165) is 27.8 Å². The van der Waals surface area contributed by atoms with Crippen LogP contribution in [0.4, 0.5) is 0 Å². The molecule has 0 radical (unpaired) electrons. The van der Waals surface area contributed by atoms with Gasteiger partial charge in [-0.1, -0.05) is 24.3 Å². The molecule has 0 aliphatic heterocycles. The van der Waals surface area contributed by atoms with E-state index in [9.17, 15) is 4.79 Å². The first kappa shape index (κ1) is 12.1. The van der Waals surface area contributed by atoms with Crippen LogP contribution in [0.3, 0.4) is 0 Å². The second-order valence-corrected chi connectivity index (χ2v) is 5.31. The quantitative estimate of drug-likeness (QED) is 0.795. The predicted molar refractivity (Wildman–Crippen MR) is 78.7 cm³/mol. The Bertz CT molecular complexity index is 713. The van der Waals surface area contributed by atoms with Crippen molar-refractivity contribution in [2.24, 2.45) is 5.73 Å². The minimum Gasteiger partial charge on any atom is -0.330 e. The topological polar surface area (TPSA) is 48.0 Å². The van der Waals surface area contributed by atoms with Crippen LogP contribution in [0.25, 0.3) is 10.9 Å². The Balaban J connectivity index is 2.16. The molecule has 3 rings (SSSR count). The fourth-order valence-corrected chi connectivity index (χ4v) is 2.95. The van der Waals surface area contributed by atoms with Crippen molar-refractivity contribution in [3.05, 3.63) is 58.4 Å². The van der Waals surface area contributed by atoms with Gasteiger partial charge in [-0.3, -0.25) is 9.36 Å². The smallest absolute Gasteiger partial charge is 0.272 e. The molecule has 0 unspecified atom stereocenters. The molecule has 3 nitrogen and oxygen atoms in total. The van der Waals surface area contributed by atoms with E-state index in [0.29, 0.717) is 6.54 Å². The highest BCUT2D eigenvalue weighted by atomic mass is 32.1. The number of carbonyl (C=O) groups excluding carboxylic acids is 1. The van der Waals surface area contributed by atoms with Gasteiger partial charge in [0.15, 0.2) is 0 Å². The van der Waals surface area contributed by atoms with Gasteiger partial charge in [-0.2, -0.15) is 0 Å². The second-order valence-electron chi connectivity index (χ2n) is 4.36. The maximum atomic E-state index is 12.5. The van der Waals surface area contributed by atoms with Crippen molar-refractivity contribution < 1.29 is 4.79 Å². The number of hydrogen-bond donors (Lipinski definition) is 1. The summed E-state index contributed by atoms with van der Waals surface area (Å²) in [5, 5.41) is 3.03. The molecule has 96 valence electrons. The molecule has 1 aromatic carbocycles. The van der Waals surface area contributed by atoms with E-state index >= 15 is 0 Å². The number of benzene rings is 1. The zero-order chi connectivity index (χ0) is 13.2. The first-order valence-electron chi connectivity index (χ1n) is 6.18. The van der Waals surface area contributed by atoms with Crippen molar-refractivity contribution in [2.75, 3.05) is 6.54 Å². The highest BCUT2D eigenvalue weighted by molar-refractivity contribution is 7.12. The molecule has 0 aliphatic carbocycles. The Hall–Kier alpha value is -1.91. The molecule has 0 bridgehead atoms. The van der Waals surface area contributed by atoms with E-state index < -0.39 is 0 Å². The zero-order valence-electron chi connectivity index (χ0n) is 10.4. The number of carbonyl (C=O) groups is 1. The SMILES string of the molecule is NCCc1cn(C(=O)c2cccs2)c2ccccc12. The van der Waals surface area contributed by atoms with Gasteiger partial charge in [0.2, 0.25) is 0 Å². The van der Waals surface area contributed by atoms with E-state index in [4.69, 9.17) is 5.73 Å². The number of rotatable bonds is 3. The number of para-hydroxylation sites is 1. The lowest BCUT2D eigenvalue weighted by Crippen LogP contribution is -2.09. The normalized spacial score (nSPS) is 11.0. The number of thiophene rings is 1. The van der Waals surface area contributed by atoms with E-state index in [1.807, 2.05) is 48.0 Å². The molecule has 2 aromatic heterocycles. The van der Waals surface area contributed by atoms with Crippen molar-refractivity contribution in [1.29, 1.82) is 0 Å². The van der Waals surface area contributed by atoms with Crippen LogP contribution in [0, 0.1) is 0 Å². The van der Waals surface area contributed by atoms with Gasteiger partial charge in [-0.15, -0.1) is 11.3 Å². The summed E-state index contributed by atoms with van der Waals surface area (Å²) in [6.07, 6.45) is 2.70. The Labute approximate surface area is 115 Å². The van der Waals surface area contributed by atoms with Crippen LogP contribution in [0.15, 0.2) is 48.0 Å². The third kappa shape index (κ3) is 2.09. The second kappa shape index (κ2) is 4.99. The summed E-state index contributed by atoms with van der Waals surface area (Å²) in [6, 6.07) is 11.7. The van der Waals surface area contributed by atoms with Gasteiger partial charge < -0.3 is 5.73 Å². The molecule has 0 atom stereocenters. The summed E-state index contributed by atoms with van der Waals surface area (Å²) >= 11 is 1.46. The Morgan fingerprint density at radius 1 is 1.21 bits per heavy atom. The maximum absolute atomic E-state index is 12.5. The van der Waals surface area contributed by atoms with Crippen LogP contribution in [-0.2, 0) is 6.42 Å². The van der Waals surface area contributed by atoms with Crippen LogP contribution >= 0.6 is 11.3 Å². The van der Waals surface area contributed by atoms with Gasteiger partial charge in [0.05, 0.1) is 10.4 Å². The average molecular weight is 270 g/mol. The van der Waals surface area contributed by atoms with Crippen LogP contribution in [0.1, 0.15) is 15.2 Å². The highest BCUT2D eigenvalue weighted by Gasteiger charge is 2.15. The minimum atomic E-state index is 0.0227. The average Bonchev–Trinajstić information content (AvgIpc) is 3.07. The van der Waals surface area contributed by atoms with Crippen molar-refractivity contribution >= 4 is 28.1 Å². The lowest BCUT2D eigenvalue weighted by atomic mass is 10.1. The van der Waals surface area contributed by atoms with Crippen LogP contribution in [-0.4, -0.2) is 17.0 Å². The van der Waals surface area contributed by atoms with Crippen LogP contribution in [0.5, 0.6) is 0 Å². The molecule has 0 aliphatic rings. The number of hydrogen-bond acceptors (Lipinski definition) is 3. The molecule has 4 heteroatoms. The summed E-state index contributed by atoms with van der Waals surface area (Å²) in [6.45, 7) is 0.585. The number of fused-ring (bicyclic) bond motifs is 1. The fraction of sp³-hybridized carbons (Fsp3) is 0.133. The maximum Gasteiger partial charge on any atom is 0.272 e. The van der Waals surface area contributed by atoms with E-state index in [1.165, 1.54) is 11.3 Å². The van der Waals surface area contributed by atoms with Gasteiger partial charge in [0.25, 0.3) is 5.91 Å². The molecule has 0 saturated carbocycles. The molecule has 3 aromatic rings. The number of nitrogens with zero attached hydrogens (tertiary/aromatic N) is 1. The Kier molecular flexibility index (Phi) is 3.19. The van der Waals surface area contributed by atoms with E-state index in [-0.39, 0.29) is 5.91 Å². The fourth-order valence-electron chi connectivity index (χ4n) is 2.29. The van der Waals surface area contributed by atoms with Gasteiger partial charge in [0, 0.05) is 11.6 Å². The monoisotopic (exact) mass is 270 g/mol. The standard InChI is InChI=1S/C15H14N2OS/c16-8-7-11-10-17(13-5-2-1-4-12(11)13)15(18)14-6-3-9-19-14/h1-6,9-10H,7-8,16H2. The number of nitrogens with two attached hydrogens (primary N) is 1. The first-order chi connectivity index (χ1) is 9.31. The molecule has 0 amide bonds. The van der Waals surface area contributed by atoms with Crippen molar-refractivity contribution in [1.82, 2.24) is 4.57 Å². The predicted octanol–water partition coefficient (Wildman–Crippen LogP) is 2.89. The van der Waals surface area contributed by atoms with E-state index in [1.54, 1.807) is 4.57 Å². The van der Waals surface area contributed by atoms with Gasteiger partial charge in [-0.25, -0.2) is 0 Å². The van der Waals surface area contributed by atoms with Gasteiger partial charge in [0.1, 0.15) is 0 Å². The molecule has 2 heterocycles. The minimum absolute atomic E-state index is 0.0227. The van der Waals surface area contributed by atoms with Gasteiger partial charge in [-0.05, 0) is 36.0 Å². The summed E-state index contributed by atoms with van der Waals surface area (Å²) in [5.41, 5.74) is 7.72. The summed E-state index contributed by atoms with van der Waals surface area (Å²) in [7, 11) is 0. The first-order valence-corrected chi connectivity index (χ1v) is 7.06. The molecule has 0 spiro atoms. The molecule has 0 fully saturated rings. The summed E-state index contributed by atoms with van der Waals surface area (Å²) < 4.78 is 1.73. The molecule has 2 N–H and O–H groups in total. The van der Waals surface area contributed by atoms with Crippen molar-refractivity contribution in [2.45, 2.75) is 6.42 Å². The molecular formula is C15H14N2OS. The van der Waals surface area contributed by atoms with Crippen molar-refractivity contribution in [3.8, 4) is 0 Å². The Morgan fingerprint density at radius 3 is 2.79 bits per heavy atom.